The SMILES string of the molecule is CC(C)n1ncc(Cl)c1C(N)c1ccc(Br)c(F)c1. The van der Waals surface area contributed by atoms with E-state index in [4.69, 9.17) is 17.3 Å². The van der Waals surface area contributed by atoms with Crippen molar-refractivity contribution in [2.45, 2.75) is 25.9 Å². The lowest BCUT2D eigenvalue weighted by atomic mass is 10.0. The Morgan fingerprint density at radius 3 is 2.68 bits per heavy atom. The Balaban J connectivity index is 2.46. The van der Waals surface area contributed by atoms with Gasteiger partial charge in [-0.05, 0) is 47.5 Å². The molecule has 0 aliphatic rings. The highest BCUT2D eigenvalue weighted by atomic mass is 79.9. The average molecular weight is 347 g/mol. The van der Waals surface area contributed by atoms with Gasteiger partial charge < -0.3 is 5.73 Å². The molecule has 0 aliphatic carbocycles. The zero-order chi connectivity index (χ0) is 14.2. The topological polar surface area (TPSA) is 43.8 Å². The zero-order valence-corrected chi connectivity index (χ0v) is 12.9. The third-order valence-corrected chi connectivity index (χ3v) is 3.81. The van der Waals surface area contributed by atoms with E-state index in [2.05, 4.69) is 21.0 Å². The highest BCUT2D eigenvalue weighted by molar-refractivity contribution is 9.10. The normalized spacial score (nSPS) is 13.0. The van der Waals surface area contributed by atoms with E-state index in [1.165, 1.54) is 6.07 Å². The van der Waals surface area contributed by atoms with Crippen LogP contribution in [-0.2, 0) is 0 Å². The first-order valence-electron chi connectivity index (χ1n) is 5.85. The first-order valence-corrected chi connectivity index (χ1v) is 7.02. The fourth-order valence-electron chi connectivity index (χ4n) is 1.92. The third-order valence-electron chi connectivity index (χ3n) is 2.87. The van der Waals surface area contributed by atoms with Crippen LogP contribution >= 0.6 is 27.5 Å². The van der Waals surface area contributed by atoms with Crippen molar-refractivity contribution in [3.05, 3.63) is 51.0 Å². The number of benzene rings is 1. The van der Waals surface area contributed by atoms with Crippen LogP contribution in [0.15, 0.2) is 28.9 Å². The molecule has 2 rings (SSSR count). The van der Waals surface area contributed by atoms with Crippen molar-refractivity contribution in [1.82, 2.24) is 9.78 Å². The van der Waals surface area contributed by atoms with Crippen LogP contribution in [0.1, 0.15) is 37.2 Å². The first-order chi connectivity index (χ1) is 8.91. The average Bonchev–Trinajstić information content (AvgIpc) is 2.74. The molecular weight excluding hydrogens is 333 g/mol. The lowest BCUT2D eigenvalue weighted by Crippen LogP contribution is -2.19. The Kier molecular flexibility index (Phi) is 4.28. The van der Waals surface area contributed by atoms with Crippen molar-refractivity contribution in [1.29, 1.82) is 0 Å². The van der Waals surface area contributed by atoms with Crippen LogP contribution in [0.25, 0.3) is 0 Å². The molecule has 1 heterocycles. The Morgan fingerprint density at radius 2 is 2.11 bits per heavy atom. The number of hydrogen-bond donors (Lipinski definition) is 1. The Bertz CT molecular complexity index is 598. The molecule has 1 aromatic carbocycles. The molecule has 0 aliphatic heterocycles. The summed E-state index contributed by atoms with van der Waals surface area (Å²) < 4.78 is 15.7. The molecule has 0 spiro atoms. The minimum absolute atomic E-state index is 0.133. The van der Waals surface area contributed by atoms with Gasteiger partial charge >= 0.3 is 0 Å². The molecular formula is C13H14BrClFN3. The minimum Gasteiger partial charge on any atom is -0.319 e. The van der Waals surface area contributed by atoms with Gasteiger partial charge in [0.05, 0.1) is 27.4 Å². The van der Waals surface area contributed by atoms with Crippen molar-refractivity contribution in [2.24, 2.45) is 5.73 Å². The van der Waals surface area contributed by atoms with Crippen molar-refractivity contribution in [2.75, 3.05) is 0 Å². The van der Waals surface area contributed by atoms with Gasteiger partial charge in [0.1, 0.15) is 5.82 Å². The number of nitrogens with zero attached hydrogens (tertiary/aromatic N) is 2. The smallest absolute Gasteiger partial charge is 0.137 e. The second-order valence-corrected chi connectivity index (χ2v) is 5.83. The second-order valence-electron chi connectivity index (χ2n) is 4.57. The largest absolute Gasteiger partial charge is 0.319 e. The van der Waals surface area contributed by atoms with Gasteiger partial charge in [0, 0.05) is 6.04 Å². The van der Waals surface area contributed by atoms with E-state index in [-0.39, 0.29) is 11.9 Å². The van der Waals surface area contributed by atoms with Crippen molar-refractivity contribution >= 4 is 27.5 Å². The van der Waals surface area contributed by atoms with E-state index in [0.29, 0.717) is 20.8 Å². The van der Waals surface area contributed by atoms with Crippen LogP contribution in [0.5, 0.6) is 0 Å². The Hall–Kier alpha value is -0.910. The van der Waals surface area contributed by atoms with E-state index in [9.17, 15) is 4.39 Å². The molecule has 3 nitrogen and oxygen atoms in total. The summed E-state index contributed by atoms with van der Waals surface area (Å²) in [5, 5.41) is 4.69. The molecule has 6 heteroatoms. The molecule has 1 unspecified atom stereocenters. The standard InChI is InChI=1S/C13H14BrClFN3/c1-7(2)19-13(10(15)6-18-19)12(17)8-3-4-9(14)11(16)5-8/h3-7,12H,17H2,1-2H3. The molecule has 2 N–H and O–H groups in total. The van der Waals surface area contributed by atoms with Crippen LogP contribution in [0.4, 0.5) is 4.39 Å². The van der Waals surface area contributed by atoms with E-state index in [1.807, 2.05) is 13.8 Å². The fraction of sp³-hybridized carbons (Fsp3) is 0.308. The summed E-state index contributed by atoms with van der Waals surface area (Å²) in [7, 11) is 0. The molecule has 102 valence electrons. The number of aromatic nitrogens is 2. The molecule has 0 fully saturated rings. The van der Waals surface area contributed by atoms with Gasteiger partial charge in [-0.2, -0.15) is 5.10 Å². The van der Waals surface area contributed by atoms with Gasteiger partial charge in [0.25, 0.3) is 0 Å². The predicted molar refractivity (Wildman–Crippen MR) is 77.8 cm³/mol. The molecule has 2 aromatic rings. The van der Waals surface area contributed by atoms with E-state index < -0.39 is 6.04 Å². The number of rotatable bonds is 3. The fourth-order valence-corrected chi connectivity index (χ4v) is 2.41. The summed E-state index contributed by atoms with van der Waals surface area (Å²) in [6.07, 6.45) is 1.56. The Labute approximate surface area is 124 Å². The Morgan fingerprint density at radius 1 is 1.42 bits per heavy atom. The second kappa shape index (κ2) is 5.61. The van der Waals surface area contributed by atoms with E-state index in [0.717, 1.165) is 0 Å². The molecule has 0 amide bonds. The molecule has 0 radical (unpaired) electrons. The summed E-state index contributed by atoms with van der Waals surface area (Å²) >= 11 is 9.26. The lowest BCUT2D eigenvalue weighted by Gasteiger charge is -2.18. The van der Waals surface area contributed by atoms with Gasteiger partial charge in [-0.25, -0.2) is 4.39 Å². The first kappa shape index (κ1) is 14.5. The van der Waals surface area contributed by atoms with E-state index in [1.54, 1.807) is 23.0 Å². The van der Waals surface area contributed by atoms with Crippen LogP contribution in [0.3, 0.4) is 0 Å². The summed E-state index contributed by atoms with van der Waals surface area (Å²) in [5.41, 5.74) is 7.54. The summed E-state index contributed by atoms with van der Waals surface area (Å²) in [5.74, 6) is -0.348. The molecule has 19 heavy (non-hydrogen) atoms. The highest BCUT2D eigenvalue weighted by Crippen LogP contribution is 2.29. The highest BCUT2D eigenvalue weighted by Gasteiger charge is 2.20. The minimum atomic E-state index is -0.514. The summed E-state index contributed by atoms with van der Waals surface area (Å²) in [6, 6.07) is 4.43. The molecule has 0 saturated carbocycles. The summed E-state index contributed by atoms with van der Waals surface area (Å²) in [4.78, 5) is 0. The molecule has 0 saturated heterocycles. The number of hydrogen-bond acceptors (Lipinski definition) is 2. The van der Waals surface area contributed by atoms with Crippen LogP contribution < -0.4 is 5.73 Å². The van der Waals surface area contributed by atoms with Gasteiger partial charge in [0.15, 0.2) is 0 Å². The van der Waals surface area contributed by atoms with Gasteiger partial charge in [-0.15, -0.1) is 0 Å². The zero-order valence-electron chi connectivity index (χ0n) is 10.6. The van der Waals surface area contributed by atoms with Crippen molar-refractivity contribution in [3.63, 3.8) is 0 Å². The van der Waals surface area contributed by atoms with Crippen LogP contribution in [0.2, 0.25) is 5.02 Å². The molecule has 0 bridgehead atoms. The van der Waals surface area contributed by atoms with Crippen molar-refractivity contribution in [3.8, 4) is 0 Å². The van der Waals surface area contributed by atoms with Crippen molar-refractivity contribution < 1.29 is 4.39 Å². The lowest BCUT2D eigenvalue weighted by molar-refractivity contribution is 0.498. The van der Waals surface area contributed by atoms with Crippen LogP contribution in [-0.4, -0.2) is 9.78 Å². The number of nitrogens with two attached hydrogens (primary N) is 1. The van der Waals surface area contributed by atoms with E-state index >= 15 is 0 Å². The monoisotopic (exact) mass is 345 g/mol. The predicted octanol–water partition coefficient (Wildman–Crippen LogP) is 4.07. The molecule has 1 aromatic heterocycles. The quantitative estimate of drug-likeness (QED) is 0.910. The maximum Gasteiger partial charge on any atom is 0.137 e. The van der Waals surface area contributed by atoms with Gasteiger partial charge in [-0.3, -0.25) is 4.68 Å². The summed E-state index contributed by atoms with van der Waals surface area (Å²) in [6.45, 7) is 3.98. The van der Waals surface area contributed by atoms with Gasteiger partial charge in [0.2, 0.25) is 0 Å². The van der Waals surface area contributed by atoms with Crippen LogP contribution in [0, 0.1) is 5.82 Å². The third kappa shape index (κ3) is 2.83. The number of halogens is 3. The maximum absolute atomic E-state index is 13.6. The maximum atomic E-state index is 13.6. The van der Waals surface area contributed by atoms with Gasteiger partial charge in [-0.1, -0.05) is 17.7 Å². The molecule has 1 atom stereocenters.